The first-order valence-corrected chi connectivity index (χ1v) is 11.5. The highest BCUT2D eigenvalue weighted by Crippen LogP contribution is 2.31. The number of nitrogens with zero attached hydrogens (tertiary/aromatic N) is 5. The van der Waals surface area contributed by atoms with E-state index in [1.807, 2.05) is 12.1 Å². The van der Waals surface area contributed by atoms with Crippen molar-refractivity contribution in [2.75, 3.05) is 60.6 Å². The van der Waals surface area contributed by atoms with Gasteiger partial charge in [-0.1, -0.05) is 12.1 Å². The quantitative estimate of drug-likeness (QED) is 0.628. The van der Waals surface area contributed by atoms with Crippen LogP contribution in [0.1, 0.15) is 6.92 Å². The molecule has 1 aromatic heterocycles. The Bertz CT molecular complexity index is 1170. The van der Waals surface area contributed by atoms with Crippen molar-refractivity contribution in [2.24, 2.45) is 0 Å². The third-order valence-corrected chi connectivity index (χ3v) is 6.35. The van der Waals surface area contributed by atoms with Crippen molar-refractivity contribution >= 4 is 17.5 Å². The second-order valence-corrected chi connectivity index (χ2v) is 8.62. The summed E-state index contributed by atoms with van der Waals surface area (Å²) >= 11 is 0. The Kier molecular flexibility index (Phi) is 6.19. The molecule has 7 nitrogen and oxygen atoms in total. The Morgan fingerprint density at radius 2 is 1.71 bits per heavy atom. The van der Waals surface area contributed by atoms with Gasteiger partial charge >= 0.3 is 0 Å². The second kappa shape index (κ2) is 9.42. The Morgan fingerprint density at radius 1 is 0.912 bits per heavy atom. The maximum absolute atomic E-state index is 14.3. The molecule has 2 saturated heterocycles. The SMILES string of the molecule is C[C@@H]1CN(c2ccccc2F)CCN1c1cc(-c2ccc(F)c(O)c2)nc(N2CCOCC2)n1. The summed E-state index contributed by atoms with van der Waals surface area (Å²) in [7, 11) is 0. The van der Waals surface area contributed by atoms with E-state index in [0.29, 0.717) is 68.8 Å². The number of phenols is 1. The van der Waals surface area contributed by atoms with Gasteiger partial charge in [-0.05, 0) is 37.3 Å². The van der Waals surface area contributed by atoms with Crippen LogP contribution in [0.3, 0.4) is 0 Å². The standard InChI is InChI=1S/C25H27F2N5O2/c1-17-16-31(22-5-3-2-4-19(22)26)8-9-32(17)24-15-21(18-6-7-20(27)23(33)14-18)28-25(29-24)30-10-12-34-13-11-30/h2-7,14-15,17,33H,8-13,16H2,1H3/t17-/m1/s1. The van der Waals surface area contributed by atoms with Crippen LogP contribution in [0, 0.1) is 11.6 Å². The highest BCUT2D eigenvalue weighted by atomic mass is 19.1. The van der Waals surface area contributed by atoms with Gasteiger partial charge < -0.3 is 24.5 Å². The molecule has 0 unspecified atom stereocenters. The van der Waals surface area contributed by atoms with E-state index in [0.717, 1.165) is 5.82 Å². The minimum Gasteiger partial charge on any atom is -0.505 e. The molecule has 178 valence electrons. The average molecular weight is 468 g/mol. The molecule has 2 aliphatic heterocycles. The number of phenolic OH excluding ortho intramolecular Hbond substituents is 1. The molecule has 2 aromatic carbocycles. The zero-order valence-corrected chi connectivity index (χ0v) is 19.0. The van der Waals surface area contributed by atoms with Gasteiger partial charge in [-0.15, -0.1) is 0 Å². The molecule has 3 aromatic rings. The summed E-state index contributed by atoms with van der Waals surface area (Å²) in [4.78, 5) is 15.9. The van der Waals surface area contributed by atoms with Gasteiger partial charge in [0.05, 0.1) is 24.6 Å². The normalized spacial score (nSPS) is 18.9. The second-order valence-electron chi connectivity index (χ2n) is 8.62. The van der Waals surface area contributed by atoms with Crippen LogP contribution < -0.4 is 14.7 Å². The molecule has 1 N–H and O–H groups in total. The Hall–Kier alpha value is -3.46. The molecule has 3 heterocycles. The summed E-state index contributed by atoms with van der Waals surface area (Å²) in [5.41, 5.74) is 1.81. The molecule has 0 saturated carbocycles. The number of morpholine rings is 1. The van der Waals surface area contributed by atoms with Crippen molar-refractivity contribution in [1.82, 2.24) is 9.97 Å². The van der Waals surface area contributed by atoms with Crippen LogP contribution in [-0.2, 0) is 4.74 Å². The van der Waals surface area contributed by atoms with E-state index in [1.165, 1.54) is 18.2 Å². The lowest BCUT2D eigenvalue weighted by molar-refractivity contribution is 0.122. The van der Waals surface area contributed by atoms with Crippen molar-refractivity contribution in [3.63, 3.8) is 0 Å². The van der Waals surface area contributed by atoms with E-state index in [4.69, 9.17) is 14.7 Å². The van der Waals surface area contributed by atoms with Gasteiger partial charge in [-0.3, -0.25) is 0 Å². The number of halogens is 2. The number of piperazine rings is 1. The zero-order chi connectivity index (χ0) is 23.7. The first-order chi connectivity index (χ1) is 16.5. The van der Waals surface area contributed by atoms with E-state index in [9.17, 15) is 13.9 Å². The third kappa shape index (κ3) is 4.48. The van der Waals surface area contributed by atoms with Crippen LogP contribution in [0.5, 0.6) is 5.75 Å². The highest BCUT2D eigenvalue weighted by Gasteiger charge is 2.28. The van der Waals surface area contributed by atoms with E-state index in [2.05, 4.69) is 21.6 Å². The van der Waals surface area contributed by atoms with Crippen LogP contribution in [0.25, 0.3) is 11.3 Å². The van der Waals surface area contributed by atoms with Gasteiger partial charge in [-0.25, -0.2) is 13.8 Å². The molecule has 0 bridgehead atoms. The molecule has 2 fully saturated rings. The monoisotopic (exact) mass is 467 g/mol. The van der Waals surface area contributed by atoms with Crippen LogP contribution >= 0.6 is 0 Å². The van der Waals surface area contributed by atoms with Crippen LogP contribution in [0.15, 0.2) is 48.5 Å². The van der Waals surface area contributed by atoms with Crippen LogP contribution in [-0.4, -0.2) is 67.1 Å². The molecule has 0 amide bonds. The largest absolute Gasteiger partial charge is 0.505 e. The van der Waals surface area contributed by atoms with Crippen molar-refractivity contribution in [3.05, 3.63) is 60.2 Å². The fraction of sp³-hybridized carbons (Fsp3) is 0.360. The number of anilines is 3. The van der Waals surface area contributed by atoms with E-state index < -0.39 is 11.6 Å². The molecule has 0 radical (unpaired) electrons. The van der Waals surface area contributed by atoms with Crippen molar-refractivity contribution < 1.29 is 18.6 Å². The van der Waals surface area contributed by atoms with Gasteiger partial charge in [0.15, 0.2) is 11.6 Å². The van der Waals surface area contributed by atoms with E-state index in [1.54, 1.807) is 18.2 Å². The zero-order valence-electron chi connectivity index (χ0n) is 19.0. The minimum atomic E-state index is -0.677. The maximum Gasteiger partial charge on any atom is 0.228 e. The number of benzene rings is 2. The third-order valence-electron chi connectivity index (χ3n) is 6.35. The van der Waals surface area contributed by atoms with Gasteiger partial charge in [-0.2, -0.15) is 4.98 Å². The minimum absolute atomic E-state index is 0.0651. The van der Waals surface area contributed by atoms with Gasteiger partial charge in [0.25, 0.3) is 0 Å². The average Bonchev–Trinajstić information content (AvgIpc) is 2.86. The Morgan fingerprint density at radius 3 is 2.44 bits per heavy atom. The predicted molar refractivity (Wildman–Crippen MR) is 128 cm³/mol. The first-order valence-electron chi connectivity index (χ1n) is 11.5. The summed E-state index contributed by atoms with van der Waals surface area (Å²) in [6.07, 6.45) is 0. The van der Waals surface area contributed by atoms with E-state index >= 15 is 0 Å². The topological polar surface area (TPSA) is 65.0 Å². The van der Waals surface area contributed by atoms with Crippen LogP contribution in [0.2, 0.25) is 0 Å². The Labute approximate surface area is 197 Å². The molecule has 5 rings (SSSR count). The van der Waals surface area contributed by atoms with Crippen molar-refractivity contribution in [2.45, 2.75) is 13.0 Å². The molecular formula is C25H27F2N5O2. The van der Waals surface area contributed by atoms with Gasteiger partial charge in [0.2, 0.25) is 5.95 Å². The fourth-order valence-electron chi connectivity index (χ4n) is 4.52. The van der Waals surface area contributed by atoms with Gasteiger partial charge in [0.1, 0.15) is 11.6 Å². The summed E-state index contributed by atoms with van der Waals surface area (Å²) in [5, 5.41) is 9.91. The number of aromatic nitrogens is 2. The van der Waals surface area contributed by atoms with Crippen molar-refractivity contribution in [1.29, 1.82) is 0 Å². The number of ether oxygens (including phenoxy) is 1. The lowest BCUT2D eigenvalue weighted by atomic mass is 10.1. The molecule has 2 aliphatic rings. The fourth-order valence-corrected chi connectivity index (χ4v) is 4.52. The number of rotatable bonds is 4. The lowest BCUT2D eigenvalue weighted by Gasteiger charge is -2.42. The molecule has 9 heteroatoms. The summed E-state index contributed by atoms with van der Waals surface area (Å²) in [5.74, 6) is -0.000641. The molecule has 0 spiro atoms. The predicted octanol–water partition coefficient (Wildman–Crippen LogP) is 3.68. The maximum atomic E-state index is 14.3. The molecule has 1 atom stereocenters. The summed E-state index contributed by atoms with van der Waals surface area (Å²) in [6.45, 7) is 6.58. The van der Waals surface area contributed by atoms with Gasteiger partial charge in [0, 0.05) is 50.4 Å². The summed E-state index contributed by atoms with van der Waals surface area (Å²) < 4.78 is 33.5. The number of aromatic hydroxyl groups is 1. The number of para-hydroxylation sites is 1. The highest BCUT2D eigenvalue weighted by molar-refractivity contribution is 5.67. The van der Waals surface area contributed by atoms with Crippen molar-refractivity contribution in [3.8, 4) is 17.0 Å². The first kappa shape index (κ1) is 22.3. The van der Waals surface area contributed by atoms with E-state index in [-0.39, 0.29) is 11.9 Å². The number of hydrogen-bond acceptors (Lipinski definition) is 7. The van der Waals surface area contributed by atoms with Crippen LogP contribution in [0.4, 0.5) is 26.2 Å². The Balaban J connectivity index is 1.47. The summed E-state index contributed by atoms with van der Waals surface area (Å²) in [6, 6.07) is 13.0. The molecule has 34 heavy (non-hydrogen) atoms. The molecule has 0 aliphatic carbocycles. The number of hydrogen-bond donors (Lipinski definition) is 1. The smallest absolute Gasteiger partial charge is 0.228 e. The lowest BCUT2D eigenvalue weighted by Crippen LogP contribution is -2.52. The molecular weight excluding hydrogens is 440 g/mol.